The number of piperidine rings is 1. The molecular formula is C14H28N2O. The van der Waals surface area contributed by atoms with E-state index in [4.69, 9.17) is 4.74 Å². The van der Waals surface area contributed by atoms with E-state index >= 15 is 0 Å². The number of hydrogen-bond acceptors (Lipinski definition) is 3. The Balaban J connectivity index is 1.64. The Bertz CT molecular complexity index is 224. The number of likely N-dealkylation sites (tertiary alicyclic amines) is 1. The summed E-state index contributed by atoms with van der Waals surface area (Å²) in [6, 6.07) is 1.44. The average Bonchev–Trinajstić information content (AvgIpc) is 2.73. The molecule has 2 unspecified atom stereocenters. The van der Waals surface area contributed by atoms with Crippen molar-refractivity contribution in [3.63, 3.8) is 0 Å². The highest BCUT2D eigenvalue weighted by atomic mass is 16.5. The van der Waals surface area contributed by atoms with Crippen molar-refractivity contribution in [3.05, 3.63) is 0 Å². The molecule has 2 fully saturated rings. The average molecular weight is 240 g/mol. The zero-order chi connectivity index (χ0) is 12.3. The Kier molecular flexibility index (Phi) is 4.83. The lowest BCUT2D eigenvalue weighted by Crippen LogP contribution is -2.46. The number of hydrogen-bond donors (Lipinski definition) is 1. The Morgan fingerprint density at radius 2 is 1.94 bits per heavy atom. The topological polar surface area (TPSA) is 24.5 Å². The van der Waals surface area contributed by atoms with Gasteiger partial charge in [0.25, 0.3) is 0 Å². The van der Waals surface area contributed by atoms with Gasteiger partial charge in [0.2, 0.25) is 0 Å². The van der Waals surface area contributed by atoms with Crippen molar-refractivity contribution in [3.8, 4) is 0 Å². The van der Waals surface area contributed by atoms with Gasteiger partial charge >= 0.3 is 0 Å². The maximum Gasteiger partial charge on any atom is 0.0588 e. The van der Waals surface area contributed by atoms with E-state index in [0.29, 0.717) is 12.1 Å². The molecule has 0 aromatic carbocycles. The van der Waals surface area contributed by atoms with E-state index in [9.17, 15) is 0 Å². The van der Waals surface area contributed by atoms with E-state index in [1.807, 2.05) is 0 Å². The first-order chi connectivity index (χ1) is 8.16. The van der Waals surface area contributed by atoms with Crippen LogP contribution in [0.2, 0.25) is 0 Å². The maximum absolute atomic E-state index is 5.61. The predicted octanol–water partition coefficient (Wildman–Crippen LogP) is 1.87. The molecule has 0 aliphatic carbocycles. The second-order valence-corrected chi connectivity index (χ2v) is 5.94. The van der Waals surface area contributed by atoms with Crippen molar-refractivity contribution in [1.82, 2.24) is 10.2 Å². The molecule has 0 aromatic rings. The lowest BCUT2D eigenvalue weighted by Gasteiger charge is -2.35. The molecule has 3 nitrogen and oxygen atoms in total. The fraction of sp³-hybridized carbons (Fsp3) is 1.00. The van der Waals surface area contributed by atoms with E-state index in [2.05, 4.69) is 31.0 Å². The summed E-state index contributed by atoms with van der Waals surface area (Å²) in [5, 5.41) is 3.75. The SMILES string of the molecule is CC1OCCC1CNC1CCN(C(C)C)CC1. The lowest BCUT2D eigenvalue weighted by molar-refractivity contribution is 0.102. The number of nitrogens with one attached hydrogen (secondary N) is 1. The summed E-state index contributed by atoms with van der Waals surface area (Å²) in [4.78, 5) is 2.58. The summed E-state index contributed by atoms with van der Waals surface area (Å²) in [5.74, 6) is 0.734. The second-order valence-electron chi connectivity index (χ2n) is 5.94. The first kappa shape index (κ1) is 13.3. The molecule has 0 radical (unpaired) electrons. The summed E-state index contributed by atoms with van der Waals surface area (Å²) >= 11 is 0. The monoisotopic (exact) mass is 240 g/mol. The molecule has 3 heteroatoms. The Morgan fingerprint density at radius 1 is 1.24 bits per heavy atom. The van der Waals surface area contributed by atoms with Gasteiger partial charge in [0.05, 0.1) is 6.10 Å². The highest BCUT2D eigenvalue weighted by Crippen LogP contribution is 2.20. The summed E-state index contributed by atoms with van der Waals surface area (Å²) in [6.45, 7) is 11.4. The highest BCUT2D eigenvalue weighted by molar-refractivity contribution is 4.81. The molecule has 0 aromatic heterocycles. The minimum atomic E-state index is 0.457. The fourth-order valence-electron chi connectivity index (χ4n) is 2.98. The van der Waals surface area contributed by atoms with Crippen LogP contribution in [0.4, 0.5) is 0 Å². The summed E-state index contributed by atoms with van der Waals surface area (Å²) in [7, 11) is 0. The Labute approximate surface area is 106 Å². The highest BCUT2D eigenvalue weighted by Gasteiger charge is 2.26. The van der Waals surface area contributed by atoms with Crippen LogP contribution in [0.1, 0.15) is 40.0 Å². The molecule has 2 rings (SSSR count). The molecule has 17 heavy (non-hydrogen) atoms. The van der Waals surface area contributed by atoms with Crippen LogP contribution >= 0.6 is 0 Å². The van der Waals surface area contributed by atoms with Crippen molar-refractivity contribution in [1.29, 1.82) is 0 Å². The summed E-state index contributed by atoms with van der Waals surface area (Å²) in [6.07, 6.45) is 4.30. The Hall–Kier alpha value is -0.120. The zero-order valence-electron chi connectivity index (χ0n) is 11.6. The van der Waals surface area contributed by atoms with Crippen molar-refractivity contribution in [2.24, 2.45) is 5.92 Å². The standard InChI is InChI=1S/C14H28N2O/c1-11(2)16-7-4-14(5-8-16)15-10-13-6-9-17-12(13)3/h11-15H,4-10H2,1-3H3. The molecule has 1 N–H and O–H groups in total. The normalized spacial score (nSPS) is 32.5. The Morgan fingerprint density at radius 3 is 2.47 bits per heavy atom. The fourth-order valence-corrected chi connectivity index (χ4v) is 2.98. The lowest BCUT2D eigenvalue weighted by atomic mass is 9.99. The molecule has 2 heterocycles. The van der Waals surface area contributed by atoms with E-state index in [-0.39, 0.29) is 0 Å². The number of rotatable bonds is 4. The van der Waals surface area contributed by atoms with Gasteiger partial charge in [0.15, 0.2) is 0 Å². The van der Waals surface area contributed by atoms with Crippen LogP contribution in [0, 0.1) is 5.92 Å². The van der Waals surface area contributed by atoms with E-state index < -0.39 is 0 Å². The van der Waals surface area contributed by atoms with E-state index in [1.165, 1.54) is 32.4 Å². The third-order valence-corrected chi connectivity index (χ3v) is 4.46. The third kappa shape index (κ3) is 3.67. The van der Waals surface area contributed by atoms with Gasteiger partial charge in [-0.3, -0.25) is 0 Å². The van der Waals surface area contributed by atoms with Crippen LogP contribution in [-0.2, 0) is 4.74 Å². The molecule has 2 saturated heterocycles. The molecule has 0 spiro atoms. The van der Waals surface area contributed by atoms with Crippen LogP contribution in [0.3, 0.4) is 0 Å². The minimum absolute atomic E-state index is 0.457. The van der Waals surface area contributed by atoms with Gasteiger partial charge in [-0.15, -0.1) is 0 Å². The minimum Gasteiger partial charge on any atom is -0.378 e. The molecule has 0 saturated carbocycles. The smallest absolute Gasteiger partial charge is 0.0588 e. The van der Waals surface area contributed by atoms with Crippen LogP contribution in [0.15, 0.2) is 0 Å². The van der Waals surface area contributed by atoms with Gasteiger partial charge in [0, 0.05) is 25.2 Å². The molecule has 2 aliphatic rings. The second kappa shape index (κ2) is 6.17. The van der Waals surface area contributed by atoms with Gasteiger partial charge < -0.3 is 15.0 Å². The first-order valence-corrected chi connectivity index (χ1v) is 7.26. The van der Waals surface area contributed by atoms with Gasteiger partial charge in [-0.2, -0.15) is 0 Å². The van der Waals surface area contributed by atoms with Crippen LogP contribution in [0.25, 0.3) is 0 Å². The largest absolute Gasteiger partial charge is 0.378 e. The van der Waals surface area contributed by atoms with E-state index in [0.717, 1.165) is 25.1 Å². The van der Waals surface area contributed by atoms with Crippen LogP contribution in [-0.4, -0.2) is 49.3 Å². The summed E-state index contributed by atoms with van der Waals surface area (Å²) < 4.78 is 5.61. The summed E-state index contributed by atoms with van der Waals surface area (Å²) in [5.41, 5.74) is 0. The number of ether oxygens (including phenoxy) is 1. The van der Waals surface area contributed by atoms with Gasteiger partial charge in [0.1, 0.15) is 0 Å². The van der Waals surface area contributed by atoms with Crippen molar-refractivity contribution >= 4 is 0 Å². The first-order valence-electron chi connectivity index (χ1n) is 7.26. The predicted molar refractivity (Wildman–Crippen MR) is 71.3 cm³/mol. The van der Waals surface area contributed by atoms with E-state index in [1.54, 1.807) is 0 Å². The molecule has 2 aliphatic heterocycles. The molecule has 2 atom stereocenters. The van der Waals surface area contributed by atoms with Gasteiger partial charge in [-0.05, 0) is 59.0 Å². The van der Waals surface area contributed by atoms with Crippen molar-refractivity contribution in [2.45, 2.75) is 58.2 Å². The van der Waals surface area contributed by atoms with Crippen LogP contribution in [0.5, 0.6) is 0 Å². The molecule has 100 valence electrons. The molecule has 0 amide bonds. The van der Waals surface area contributed by atoms with Crippen molar-refractivity contribution in [2.75, 3.05) is 26.2 Å². The van der Waals surface area contributed by atoms with Gasteiger partial charge in [-0.25, -0.2) is 0 Å². The zero-order valence-corrected chi connectivity index (χ0v) is 11.6. The quantitative estimate of drug-likeness (QED) is 0.812. The van der Waals surface area contributed by atoms with Crippen LogP contribution < -0.4 is 5.32 Å². The maximum atomic E-state index is 5.61. The van der Waals surface area contributed by atoms with Crippen molar-refractivity contribution < 1.29 is 4.74 Å². The molecular weight excluding hydrogens is 212 g/mol. The third-order valence-electron chi connectivity index (χ3n) is 4.46. The number of nitrogens with zero attached hydrogens (tertiary/aromatic N) is 1. The molecule has 0 bridgehead atoms. The van der Waals surface area contributed by atoms with Gasteiger partial charge in [-0.1, -0.05) is 0 Å².